The lowest BCUT2D eigenvalue weighted by Crippen LogP contribution is -1.99. The highest BCUT2D eigenvalue weighted by atomic mass is 15.0. The van der Waals surface area contributed by atoms with E-state index in [1.807, 2.05) is 28.2 Å². The zero-order chi connectivity index (χ0) is 11.3. The first-order valence-corrected chi connectivity index (χ1v) is 5.33. The van der Waals surface area contributed by atoms with E-state index >= 15 is 0 Å². The number of hydrogen-bond acceptors (Lipinski definition) is 1. The minimum absolute atomic E-state index is 1.16. The molecule has 0 aromatic heterocycles. The molecule has 0 heterocycles. The Hall–Kier alpha value is -1.31. The predicted octanol–water partition coefficient (Wildman–Crippen LogP) is 2.05. The third-order valence-electron chi connectivity index (χ3n) is 2.25. The molecule has 2 nitrogen and oxygen atoms in total. The van der Waals surface area contributed by atoms with E-state index in [2.05, 4.69) is 40.1 Å². The molecule has 0 aliphatic heterocycles. The average molecular weight is 205 g/mol. The van der Waals surface area contributed by atoms with E-state index in [0.717, 1.165) is 12.8 Å². The van der Waals surface area contributed by atoms with Gasteiger partial charge >= 0.3 is 0 Å². The van der Waals surface area contributed by atoms with E-state index in [1.165, 1.54) is 11.1 Å². The molecular formula is C13H21N2+. The molecule has 2 heteroatoms. The first kappa shape index (κ1) is 11.8. The summed E-state index contributed by atoms with van der Waals surface area (Å²) in [7, 11) is 8.18. The molecule has 0 radical (unpaired) electrons. The molecule has 82 valence electrons. The Morgan fingerprint density at radius 1 is 1.27 bits per heavy atom. The minimum Gasteiger partial charge on any atom is -0.383 e. The topological polar surface area (TPSA) is 6.25 Å². The fourth-order valence-electron chi connectivity index (χ4n) is 1.42. The van der Waals surface area contributed by atoms with Gasteiger partial charge < -0.3 is 4.90 Å². The number of hydrogen-bond donors (Lipinski definition) is 0. The fraction of sp³-hybridized carbons (Fsp3) is 0.462. The maximum atomic E-state index is 2.28. The highest BCUT2D eigenvalue weighted by molar-refractivity contribution is 5.69. The van der Waals surface area contributed by atoms with Crippen molar-refractivity contribution >= 4 is 6.21 Å². The van der Waals surface area contributed by atoms with Gasteiger partial charge in [0, 0.05) is 20.2 Å². The van der Waals surface area contributed by atoms with Crippen LogP contribution >= 0.6 is 0 Å². The third-order valence-corrected chi connectivity index (χ3v) is 2.25. The van der Waals surface area contributed by atoms with Gasteiger partial charge in [0.1, 0.15) is 14.1 Å². The minimum atomic E-state index is 1.16. The Bertz CT molecular complexity index is 326. The van der Waals surface area contributed by atoms with E-state index in [4.69, 9.17) is 0 Å². The summed E-state index contributed by atoms with van der Waals surface area (Å²) in [6.07, 6.45) is 13.2. The molecule has 0 unspecified atom stereocenters. The van der Waals surface area contributed by atoms with E-state index < -0.39 is 0 Å². The summed E-state index contributed by atoms with van der Waals surface area (Å²) in [5.74, 6) is 0. The molecule has 0 atom stereocenters. The van der Waals surface area contributed by atoms with E-state index in [-0.39, 0.29) is 0 Å². The van der Waals surface area contributed by atoms with Crippen molar-refractivity contribution in [1.82, 2.24) is 4.90 Å². The third kappa shape index (κ3) is 4.63. The highest BCUT2D eigenvalue weighted by Crippen LogP contribution is 2.23. The van der Waals surface area contributed by atoms with Crippen LogP contribution in [0.3, 0.4) is 0 Å². The predicted molar refractivity (Wildman–Crippen MR) is 66.4 cm³/mol. The Kier molecular flexibility index (Phi) is 4.35. The molecule has 15 heavy (non-hydrogen) atoms. The molecule has 0 spiro atoms. The van der Waals surface area contributed by atoms with Gasteiger partial charge in [-0.15, -0.1) is 0 Å². The molecule has 0 fully saturated rings. The molecule has 0 bridgehead atoms. The second-order valence-electron chi connectivity index (χ2n) is 4.35. The second kappa shape index (κ2) is 5.54. The number of allylic oxidation sites excluding steroid dienone is 5. The maximum absolute atomic E-state index is 2.28. The van der Waals surface area contributed by atoms with Crippen molar-refractivity contribution in [2.75, 3.05) is 28.2 Å². The fourth-order valence-corrected chi connectivity index (χ4v) is 1.42. The van der Waals surface area contributed by atoms with Gasteiger partial charge in [-0.3, -0.25) is 0 Å². The second-order valence-corrected chi connectivity index (χ2v) is 4.35. The van der Waals surface area contributed by atoms with Gasteiger partial charge in [-0.05, 0) is 36.3 Å². The van der Waals surface area contributed by atoms with Crippen molar-refractivity contribution in [2.24, 2.45) is 0 Å². The summed E-state index contributed by atoms with van der Waals surface area (Å²) in [5, 5.41) is 0. The number of rotatable bonds is 3. The van der Waals surface area contributed by atoms with E-state index in [0.29, 0.717) is 0 Å². The van der Waals surface area contributed by atoms with Crippen LogP contribution in [0, 0.1) is 0 Å². The quantitative estimate of drug-likeness (QED) is 0.505. The summed E-state index contributed by atoms with van der Waals surface area (Å²) in [6.45, 7) is 0. The molecule has 0 saturated heterocycles. The molecule has 0 N–H and O–H groups in total. The van der Waals surface area contributed by atoms with Gasteiger partial charge in [0.15, 0.2) is 6.21 Å². The highest BCUT2D eigenvalue weighted by Gasteiger charge is 2.06. The summed E-state index contributed by atoms with van der Waals surface area (Å²) in [5.41, 5.74) is 2.84. The van der Waals surface area contributed by atoms with Crippen LogP contribution in [0.2, 0.25) is 0 Å². The lowest BCUT2D eigenvalue weighted by Gasteiger charge is -2.02. The van der Waals surface area contributed by atoms with Gasteiger partial charge in [0.25, 0.3) is 0 Å². The van der Waals surface area contributed by atoms with Crippen LogP contribution in [-0.2, 0) is 0 Å². The molecule has 0 aromatic rings. The lowest BCUT2D eigenvalue weighted by atomic mass is 10.2. The first-order chi connectivity index (χ1) is 7.08. The van der Waals surface area contributed by atoms with Crippen LogP contribution in [0.25, 0.3) is 0 Å². The summed E-state index contributed by atoms with van der Waals surface area (Å²) < 4.78 is 2.06. The molecule has 0 saturated carbocycles. The van der Waals surface area contributed by atoms with E-state index in [1.54, 1.807) is 0 Å². The van der Waals surface area contributed by atoms with Crippen LogP contribution in [0.1, 0.15) is 12.8 Å². The zero-order valence-corrected chi connectivity index (χ0v) is 10.2. The normalized spacial score (nSPS) is 18.4. The Morgan fingerprint density at radius 2 is 2.00 bits per heavy atom. The molecule has 0 amide bonds. The Labute approximate surface area is 92.9 Å². The summed E-state index contributed by atoms with van der Waals surface area (Å²) in [6, 6.07) is 0. The zero-order valence-electron chi connectivity index (χ0n) is 10.2. The van der Waals surface area contributed by atoms with Crippen molar-refractivity contribution in [3.8, 4) is 0 Å². The largest absolute Gasteiger partial charge is 0.383 e. The van der Waals surface area contributed by atoms with Crippen molar-refractivity contribution in [2.45, 2.75) is 12.8 Å². The molecular weight excluding hydrogens is 184 g/mol. The molecule has 1 aliphatic rings. The lowest BCUT2D eigenvalue weighted by molar-refractivity contribution is -0.458. The Morgan fingerprint density at radius 3 is 2.60 bits per heavy atom. The van der Waals surface area contributed by atoms with Gasteiger partial charge in [-0.1, -0.05) is 6.08 Å². The van der Waals surface area contributed by atoms with Gasteiger partial charge in [-0.2, -0.15) is 0 Å². The Balaban J connectivity index is 2.62. The number of nitrogens with zero attached hydrogens (tertiary/aromatic N) is 2. The molecule has 1 aliphatic carbocycles. The standard InChI is InChI=1S/C13H21N2/c1-14(2)9-7-12-5-6-13(11-12)8-10-15(3)4/h7-11H,5-6H2,1-4H3/q+1. The van der Waals surface area contributed by atoms with Crippen molar-refractivity contribution < 1.29 is 4.58 Å². The SMILES string of the molecule is CN(C)/C=C/C1=CC(=C/C=[N+](C)C)/CC1. The summed E-state index contributed by atoms with van der Waals surface area (Å²) >= 11 is 0. The van der Waals surface area contributed by atoms with Crippen molar-refractivity contribution in [3.63, 3.8) is 0 Å². The van der Waals surface area contributed by atoms with Crippen LogP contribution in [-0.4, -0.2) is 43.9 Å². The van der Waals surface area contributed by atoms with Gasteiger partial charge in [0.2, 0.25) is 0 Å². The van der Waals surface area contributed by atoms with Crippen LogP contribution in [0.5, 0.6) is 0 Å². The first-order valence-electron chi connectivity index (χ1n) is 5.33. The van der Waals surface area contributed by atoms with E-state index in [9.17, 15) is 0 Å². The monoisotopic (exact) mass is 205 g/mol. The average Bonchev–Trinajstić information content (AvgIpc) is 2.59. The molecule has 0 aromatic carbocycles. The maximum Gasteiger partial charge on any atom is 0.163 e. The van der Waals surface area contributed by atoms with Gasteiger partial charge in [-0.25, -0.2) is 4.58 Å². The van der Waals surface area contributed by atoms with Crippen LogP contribution < -0.4 is 0 Å². The summed E-state index contributed by atoms with van der Waals surface area (Å²) in [4.78, 5) is 2.06. The van der Waals surface area contributed by atoms with Gasteiger partial charge in [0.05, 0.1) is 0 Å². The smallest absolute Gasteiger partial charge is 0.163 e. The van der Waals surface area contributed by atoms with Crippen LogP contribution in [0.15, 0.2) is 35.6 Å². The van der Waals surface area contributed by atoms with Crippen LogP contribution in [0.4, 0.5) is 0 Å². The van der Waals surface area contributed by atoms with Crippen molar-refractivity contribution in [1.29, 1.82) is 0 Å². The van der Waals surface area contributed by atoms with Crippen molar-refractivity contribution in [3.05, 3.63) is 35.6 Å². The molecule has 1 rings (SSSR count).